The molecule has 0 aromatic rings. The molecule has 1 unspecified atom stereocenters. The summed E-state index contributed by atoms with van der Waals surface area (Å²) in [5.74, 6) is 0.853. The number of nitrogens with zero attached hydrogens (tertiary/aromatic N) is 2. The molecule has 2 rings (SSSR count). The Hall–Kier alpha value is -1.39. The fourth-order valence-corrected chi connectivity index (χ4v) is 2.07. The highest BCUT2D eigenvalue weighted by molar-refractivity contribution is 5.93. The lowest BCUT2D eigenvalue weighted by Gasteiger charge is -2.29. The normalized spacial score (nSPS) is 25.6. The van der Waals surface area contributed by atoms with E-state index in [4.69, 9.17) is 4.74 Å². The molecule has 1 heterocycles. The van der Waals surface area contributed by atoms with Crippen molar-refractivity contribution in [1.82, 2.24) is 4.90 Å². The lowest BCUT2D eigenvalue weighted by Crippen LogP contribution is -2.40. The summed E-state index contributed by atoms with van der Waals surface area (Å²) in [5.41, 5.74) is 1.95. The van der Waals surface area contributed by atoms with Gasteiger partial charge >= 0.3 is 0 Å². The van der Waals surface area contributed by atoms with E-state index in [1.165, 1.54) is 0 Å². The first kappa shape index (κ1) is 13.1. The number of hydrogen-bond donors (Lipinski definition) is 1. The third-order valence-electron chi connectivity index (χ3n) is 3.17. The number of rotatable bonds is 2. The Morgan fingerprint density at radius 3 is 2.94 bits per heavy atom. The van der Waals surface area contributed by atoms with Crippen LogP contribution in [0.5, 0.6) is 0 Å². The maximum absolute atomic E-state index is 9.64. The lowest BCUT2D eigenvalue weighted by molar-refractivity contribution is 0.0684. The highest BCUT2D eigenvalue weighted by Gasteiger charge is 2.15. The van der Waals surface area contributed by atoms with Crippen molar-refractivity contribution in [1.29, 1.82) is 0 Å². The van der Waals surface area contributed by atoms with E-state index in [0.29, 0.717) is 6.42 Å². The number of ether oxygens (including phenoxy) is 1. The number of amidine groups is 1. The minimum atomic E-state index is -0.428. The summed E-state index contributed by atoms with van der Waals surface area (Å²) in [6.07, 6.45) is 5.83. The van der Waals surface area contributed by atoms with Crippen LogP contribution in [0.25, 0.3) is 0 Å². The Morgan fingerprint density at radius 2 is 2.28 bits per heavy atom. The van der Waals surface area contributed by atoms with Gasteiger partial charge in [0, 0.05) is 13.1 Å². The van der Waals surface area contributed by atoms with Gasteiger partial charge in [-0.3, -0.25) is 0 Å². The average molecular weight is 248 g/mol. The summed E-state index contributed by atoms with van der Waals surface area (Å²) >= 11 is 0. The molecule has 1 saturated heterocycles. The molecule has 4 nitrogen and oxygen atoms in total. The van der Waals surface area contributed by atoms with Gasteiger partial charge in [0.1, 0.15) is 5.84 Å². The highest BCUT2D eigenvalue weighted by Crippen LogP contribution is 2.20. The SMILES string of the molecule is C=C/C(=N\C1=CC(O)CC=C1C)N1CCOCC1. The molecule has 1 N–H and O–H groups in total. The zero-order valence-electron chi connectivity index (χ0n) is 10.8. The van der Waals surface area contributed by atoms with Crippen LogP contribution in [-0.2, 0) is 4.74 Å². The average Bonchev–Trinajstić information content (AvgIpc) is 2.41. The van der Waals surface area contributed by atoms with Crippen LogP contribution in [0.3, 0.4) is 0 Å². The van der Waals surface area contributed by atoms with E-state index in [-0.39, 0.29) is 0 Å². The summed E-state index contributed by atoms with van der Waals surface area (Å²) in [7, 11) is 0. The standard InChI is InChI=1S/C14H20N2O2/c1-3-14(16-6-8-18-9-7-16)15-13-10-12(17)5-4-11(13)2/h3-4,10,12,17H,1,5-9H2,2H3/b15-14+. The van der Waals surface area contributed by atoms with Crippen molar-refractivity contribution in [2.75, 3.05) is 26.3 Å². The van der Waals surface area contributed by atoms with Crippen molar-refractivity contribution < 1.29 is 9.84 Å². The molecule has 0 bridgehead atoms. The fourth-order valence-electron chi connectivity index (χ4n) is 2.07. The second-order valence-electron chi connectivity index (χ2n) is 4.52. The largest absolute Gasteiger partial charge is 0.389 e. The molecule has 0 amide bonds. The Kier molecular flexibility index (Phi) is 4.33. The molecular weight excluding hydrogens is 228 g/mol. The fraction of sp³-hybridized carbons (Fsp3) is 0.500. The Balaban J connectivity index is 2.18. The van der Waals surface area contributed by atoms with Gasteiger partial charge in [0.05, 0.1) is 25.0 Å². The highest BCUT2D eigenvalue weighted by atomic mass is 16.5. The van der Waals surface area contributed by atoms with Crippen molar-refractivity contribution in [3.05, 3.63) is 36.1 Å². The summed E-state index contributed by atoms with van der Waals surface area (Å²) in [6.45, 7) is 8.96. The number of aliphatic hydroxyl groups is 1. The van der Waals surface area contributed by atoms with Crippen molar-refractivity contribution in [3.63, 3.8) is 0 Å². The van der Waals surface area contributed by atoms with Crippen LogP contribution in [0.15, 0.2) is 41.1 Å². The lowest BCUT2D eigenvalue weighted by atomic mass is 10.0. The predicted molar refractivity (Wildman–Crippen MR) is 72.5 cm³/mol. The molecule has 4 heteroatoms. The molecule has 1 atom stereocenters. The molecule has 0 radical (unpaired) electrons. The third kappa shape index (κ3) is 3.09. The molecule has 2 aliphatic rings. The van der Waals surface area contributed by atoms with Crippen LogP contribution in [0.2, 0.25) is 0 Å². The van der Waals surface area contributed by atoms with Crippen LogP contribution < -0.4 is 0 Å². The Labute approximate surface area is 108 Å². The van der Waals surface area contributed by atoms with Crippen molar-refractivity contribution in [2.45, 2.75) is 19.4 Å². The first-order chi connectivity index (χ1) is 8.70. The first-order valence-corrected chi connectivity index (χ1v) is 6.31. The zero-order chi connectivity index (χ0) is 13.0. The van der Waals surface area contributed by atoms with Gasteiger partial charge < -0.3 is 14.7 Å². The topological polar surface area (TPSA) is 45.1 Å². The van der Waals surface area contributed by atoms with E-state index in [9.17, 15) is 5.11 Å². The van der Waals surface area contributed by atoms with Gasteiger partial charge in [-0.15, -0.1) is 0 Å². The summed E-state index contributed by atoms with van der Waals surface area (Å²) in [4.78, 5) is 6.77. The van der Waals surface area contributed by atoms with E-state index in [0.717, 1.165) is 43.4 Å². The van der Waals surface area contributed by atoms with Crippen LogP contribution in [0.1, 0.15) is 13.3 Å². The van der Waals surface area contributed by atoms with Gasteiger partial charge in [0.25, 0.3) is 0 Å². The molecule has 1 fully saturated rings. The number of aliphatic imine (C=N–C) groups is 1. The van der Waals surface area contributed by atoms with Crippen molar-refractivity contribution in [2.24, 2.45) is 4.99 Å². The van der Waals surface area contributed by atoms with Gasteiger partial charge in [0.2, 0.25) is 0 Å². The summed E-state index contributed by atoms with van der Waals surface area (Å²) in [6, 6.07) is 0. The van der Waals surface area contributed by atoms with Gasteiger partial charge in [-0.25, -0.2) is 4.99 Å². The number of allylic oxidation sites excluding steroid dienone is 1. The molecule has 1 aliphatic heterocycles. The molecule has 98 valence electrons. The van der Waals surface area contributed by atoms with Crippen LogP contribution >= 0.6 is 0 Å². The minimum Gasteiger partial charge on any atom is -0.389 e. The van der Waals surface area contributed by atoms with Crippen molar-refractivity contribution >= 4 is 5.84 Å². The molecule has 0 aromatic heterocycles. The Bertz CT molecular complexity index is 404. The van der Waals surface area contributed by atoms with E-state index in [1.807, 2.05) is 13.0 Å². The van der Waals surface area contributed by atoms with E-state index >= 15 is 0 Å². The maximum atomic E-state index is 9.64. The van der Waals surface area contributed by atoms with Crippen LogP contribution in [0.4, 0.5) is 0 Å². The molecular formula is C14H20N2O2. The molecule has 18 heavy (non-hydrogen) atoms. The van der Waals surface area contributed by atoms with Crippen molar-refractivity contribution in [3.8, 4) is 0 Å². The summed E-state index contributed by atoms with van der Waals surface area (Å²) < 4.78 is 5.33. The predicted octanol–water partition coefficient (Wildman–Crippen LogP) is 1.50. The molecule has 0 saturated carbocycles. The molecule has 0 aromatic carbocycles. The van der Waals surface area contributed by atoms with Gasteiger partial charge in [-0.1, -0.05) is 12.7 Å². The maximum Gasteiger partial charge on any atom is 0.128 e. The second-order valence-corrected chi connectivity index (χ2v) is 4.52. The van der Waals surface area contributed by atoms with E-state index < -0.39 is 6.10 Å². The van der Waals surface area contributed by atoms with Gasteiger partial charge in [-0.2, -0.15) is 0 Å². The van der Waals surface area contributed by atoms with Crippen LogP contribution in [0, 0.1) is 0 Å². The van der Waals surface area contributed by atoms with Gasteiger partial charge in [0.15, 0.2) is 0 Å². The van der Waals surface area contributed by atoms with E-state index in [1.54, 1.807) is 12.2 Å². The number of morpholine rings is 1. The molecule has 0 spiro atoms. The monoisotopic (exact) mass is 248 g/mol. The minimum absolute atomic E-state index is 0.428. The first-order valence-electron chi connectivity index (χ1n) is 6.31. The van der Waals surface area contributed by atoms with Crippen LogP contribution in [-0.4, -0.2) is 48.2 Å². The second kappa shape index (κ2) is 5.98. The smallest absolute Gasteiger partial charge is 0.128 e. The Morgan fingerprint density at radius 1 is 1.56 bits per heavy atom. The quantitative estimate of drug-likeness (QED) is 0.595. The van der Waals surface area contributed by atoms with E-state index in [2.05, 4.69) is 16.5 Å². The molecule has 1 aliphatic carbocycles. The van der Waals surface area contributed by atoms with Gasteiger partial charge in [-0.05, 0) is 31.1 Å². The number of aliphatic hydroxyl groups excluding tert-OH is 1. The third-order valence-corrected chi connectivity index (χ3v) is 3.17. The number of hydrogen-bond acceptors (Lipinski definition) is 3. The summed E-state index contributed by atoms with van der Waals surface area (Å²) in [5, 5.41) is 9.64. The zero-order valence-corrected chi connectivity index (χ0v) is 10.8.